The number of halogens is 1. The monoisotopic (exact) mass is 384 g/mol. The molecule has 0 bridgehead atoms. The standard InChI is InChI=1S/C19H17FN4O4/c1-12(25)21-7-16-11-24(19(26)28-16)15-2-3-18(17(20)6-15)22-8-13-4-5-23(27)10-14(13)9-22/h2-6,8-10,16H,7,11H2,1H3,(H,21,25)/t16-/m0/s1. The van der Waals surface area contributed by atoms with Crippen LogP contribution < -0.4 is 14.9 Å². The van der Waals surface area contributed by atoms with Gasteiger partial charge in [0, 0.05) is 30.8 Å². The molecule has 4 rings (SSSR count). The topological polar surface area (TPSA) is 90.5 Å². The Morgan fingerprint density at radius 1 is 1.36 bits per heavy atom. The molecule has 0 saturated carbocycles. The zero-order valence-electron chi connectivity index (χ0n) is 15.0. The van der Waals surface area contributed by atoms with Crippen LogP contribution in [0, 0.1) is 11.0 Å². The summed E-state index contributed by atoms with van der Waals surface area (Å²) in [6.45, 7) is 1.80. The first kappa shape index (κ1) is 17.8. The van der Waals surface area contributed by atoms with Gasteiger partial charge in [0.25, 0.3) is 0 Å². The first-order valence-corrected chi connectivity index (χ1v) is 8.64. The summed E-state index contributed by atoms with van der Waals surface area (Å²) in [6.07, 6.45) is 5.09. The molecule has 1 aliphatic heterocycles. The lowest BCUT2D eigenvalue weighted by atomic mass is 10.2. The van der Waals surface area contributed by atoms with Crippen molar-refractivity contribution in [3.8, 4) is 5.69 Å². The molecular weight excluding hydrogens is 367 g/mol. The van der Waals surface area contributed by atoms with Gasteiger partial charge in [0.2, 0.25) is 5.91 Å². The number of hydrogen-bond acceptors (Lipinski definition) is 4. The molecule has 0 unspecified atom stereocenters. The van der Waals surface area contributed by atoms with Crippen molar-refractivity contribution < 1.29 is 23.4 Å². The van der Waals surface area contributed by atoms with E-state index in [0.29, 0.717) is 21.5 Å². The molecule has 28 heavy (non-hydrogen) atoms. The van der Waals surface area contributed by atoms with Crippen LogP contribution in [0.25, 0.3) is 16.5 Å². The largest absolute Gasteiger partial charge is 0.619 e. The Hall–Kier alpha value is -3.62. The highest BCUT2D eigenvalue weighted by Gasteiger charge is 2.32. The summed E-state index contributed by atoms with van der Waals surface area (Å²) < 4.78 is 22.2. The lowest BCUT2D eigenvalue weighted by Gasteiger charge is -2.14. The number of carbonyl (C=O) groups excluding carboxylic acids is 2. The number of ether oxygens (including phenoxy) is 1. The molecule has 0 radical (unpaired) electrons. The molecule has 1 N–H and O–H groups in total. The fourth-order valence-electron chi connectivity index (χ4n) is 3.18. The molecule has 1 aromatic carbocycles. The van der Waals surface area contributed by atoms with Crippen LogP contribution in [0.5, 0.6) is 0 Å². The lowest BCUT2D eigenvalue weighted by molar-refractivity contribution is -0.603. The quantitative estimate of drug-likeness (QED) is 0.549. The van der Waals surface area contributed by atoms with Gasteiger partial charge >= 0.3 is 6.09 Å². The molecule has 1 aliphatic rings. The highest BCUT2D eigenvalue weighted by Crippen LogP contribution is 2.26. The van der Waals surface area contributed by atoms with Crippen LogP contribution >= 0.6 is 0 Å². The van der Waals surface area contributed by atoms with E-state index in [4.69, 9.17) is 4.74 Å². The predicted molar refractivity (Wildman–Crippen MR) is 98.5 cm³/mol. The van der Waals surface area contributed by atoms with Crippen molar-refractivity contribution in [2.24, 2.45) is 0 Å². The van der Waals surface area contributed by atoms with Crippen molar-refractivity contribution in [2.75, 3.05) is 18.0 Å². The second kappa shape index (κ2) is 6.84. The Kier molecular flexibility index (Phi) is 4.34. The van der Waals surface area contributed by atoms with E-state index in [1.54, 1.807) is 35.2 Å². The minimum Gasteiger partial charge on any atom is -0.619 e. The van der Waals surface area contributed by atoms with E-state index in [9.17, 15) is 19.2 Å². The van der Waals surface area contributed by atoms with E-state index in [0.717, 1.165) is 5.39 Å². The molecule has 0 spiro atoms. The van der Waals surface area contributed by atoms with Gasteiger partial charge in [0.1, 0.15) is 11.9 Å². The van der Waals surface area contributed by atoms with Gasteiger partial charge in [-0.05, 0) is 18.2 Å². The third-order valence-electron chi connectivity index (χ3n) is 4.53. The second-order valence-electron chi connectivity index (χ2n) is 6.57. The highest BCUT2D eigenvalue weighted by molar-refractivity contribution is 5.90. The Morgan fingerprint density at radius 2 is 2.14 bits per heavy atom. The van der Waals surface area contributed by atoms with Gasteiger partial charge in [-0.3, -0.25) is 9.69 Å². The zero-order valence-corrected chi connectivity index (χ0v) is 15.0. The number of benzene rings is 1. The number of cyclic esters (lactones) is 1. The van der Waals surface area contributed by atoms with Crippen molar-refractivity contribution >= 4 is 28.5 Å². The summed E-state index contributed by atoms with van der Waals surface area (Å²) in [5, 5.41) is 15.5. The first-order chi connectivity index (χ1) is 13.4. The molecular formula is C19H17FN4O4. The average molecular weight is 384 g/mol. The molecule has 2 amide bonds. The van der Waals surface area contributed by atoms with Crippen molar-refractivity contribution in [1.29, 1.82) is 0 Å². The molecule has 1 saturated heterocycles. The summed E-state index contributed by atoms with van der Waals surface area (Å²) in [7, 11) is 0. The number of carbonyl (C=O) groups is 2. The summed E-state index contributed by atoms with van der Waals surface area (Å²) >= 11 is 0. The maximum Gasteiger partial charge on any atom is 0.414 e. The maximum atomic E-state index is 14.8. The van der Waals surface area contributed by atoms with Gasteiger partial charge in [0.15, 0.2) is 12.4 Å². The van der Waals surface area contributed by atoms with Crippen molar-refractivity contribution in [2.45, 2.75) is 13.0 Å². The molecule has 9 heteroatoms. The molecule has 1 fully saturated rings. The zero-order chi connectivity index (χ0) is 19.8. The van der Waals surface area contributed by atoms with Crippen LogP contribution in [0.3, 0.4) is 0 Å². The minimum absolute atomic E-state index is 0.202. The van der Waals surface area contributed by atoms with E-state index in [-0.39, 0.29) is 19.0 Å². The number of nitrogens with zero attached hydrogens (tertiary/aromatic N) is 3. The van der Waals surface area contributed by atoms with E-state index >= 15 is 0 Å². The van der Waals surface area contributed by atoms with Crippen LogP contribution in [-0.2, 0) is 9.53 Å². The smallest absolute Gasteiger partial charge is 0.414 e. The number of hydrogen-bond donors (Lipinski definition) is 1. The lowest BCUT2D eigenvalue weighted by Crippen LogP contribution is -2.33. The fourth-order valence-corrected chi connectivity index (χ4v) is 3.18. The number of pyridine rings is 1. The molecule has 3 aromatic rings. The molecule has 0 aliphatic carbocycles. The average Bonchev–Trinajstić information content (AvgIpc) is 3.22. The maximum absolute atomic E-state index is 14.8. The summed E-state index contributed by atoms with van der Waals surface area (Å²) in [4.78, 5) is 24.4. The van der Waals surface area contributed by atoms with Crippen molar-refractivity contribution in [1.82, 2.24) is 9.88 Å². The van der Waals surface area contributed by atoms with E-state index < -0.39 is 18.0 Å². The fraction of sp³-hybridized carbons (Fsp3) is 0.211. The number of nitrogens with one attached hydrogen (secondary N) is 1. The van der Waals surface area contributed by atoms with Crippen LogP contribution in [0.15, 0.2) is 49.1 Å². The van der Waals surface area contributed by atoms with Gasteiger partial charge < -0.3 is 19.8 Å². The van der Waals surface area contributed by atoms with Crippen LogP contribution in [0.4, 0.5) is 14.9 Å². The molecule has 1 atom stereocenters. The van der Waals surface area contributed by atoms with Gasteiger partial charge in [-0.2, -0.15) is 4.73 Å². The Labute approximate surface area is 159 Å². The summed E-state index contributed by atoms with van der Waals surface area (Å²) in [5.74, 6) is -0.738. The van der Waals surface area contributed by atoms with E-state index in [1.807, 2.05) is 0 Å². The van der Waals surface area contributed by atoms with Crippen molar-refractivity contribution in [3.63, 3.8) is 0 Å². The van der Waals surface area contributed by atoms with Gasteiger partial charge in [0.05, 0.1) is 29.9 Å². The third kappa shape index (κ3) is 3.34. The Morgan fingerprint density at radius 3 is 2.89 bits per heavy atom. The SMILES string of the molecule is CC(=O)NC[C@H]1CN(c2ccc(-n3cc4cc[n+]([O-])cc4c3)c(F)c2)C(=O)O1. The highest BCUT2D eigenvalue weighted by atomic mass is 19.1. The molecule has 8 nitrogen and oxygen atoms in total. The molecule has 144 valence electrons. The van der Waals surface area contributed by atoms with Crippen LogP contribution in [0.1, 0.15) is 6.92 Å². The number of anilines is 1. The Balaban J connectivity index is 1.57. The summed E-state index contributed by atoms with van der Waals surface area (Å²) in [6, 6.07) is 6.10. The van der Waals surface area contributed by atoms with E-state index in [2.05, 4.69) is 5.32 Å². The van der Waals surface area contributed by atoms with E-state index in [1.165, 1.54) is 30.3 Å². The molecule has 2 aromatic heterocycles. The Bertz CT molecular complexity index is 1080. The number of fused-ring (bicyclic) bond motifs is 1. The third-order valence-corrected chi connectivity index (χ3v) is 4.53. The normalized spacial score (nSPS) is 16.4. The number of amides is 2. The number of rotatable bonds is 4. The van der Waals surface area contributed by atoms with Gasteiger partial charge in [-0.15, -0.1) is 0 Å². The van der Waals surface area contributed by atoms with Crippen LogP contribution in [-0.4, -0.2) is 35.8 Å². The van der Waals surface area contributed by atoms with Gasteiger partial charge in [-0.25, -0.2) is 9.18 Å². The second-order valence-corrected chi connectivity index (χ2v) is 6.57. The van der Waals surface area contributed by atoms with Gasteiger partial charge in [-0.1, -0.05) is 0 Å². The van der Waals surface area contributed by atoms with Crippen molar-refractivity contribution in [3.05, 3.63) is 60.1 Å². The minimum atomic E-state index is -0.589. The molecule has 3 heterocycles. The summed E-state index contributed by atoms with van der Waals surface area (Å²) in [5.41, 5.74) is 0.658. The van der Waals surface area contributed by atoms with Crippen LogP contribution in [0.2, 0.25) is 0 Å². The predicted octanol–water partition coefficient (Wildman–Crippen LogP) is 1.86. The number of aromatic nitrogens is 2. The first-order valence-electron chi connectivity index (χ1n) is 8.64.